The lowest BCUT2D eigenvalue weighted by Crippen LogP contribution is -2.27. The summed E-state index contributed by atoms with van der Waals surface area (Å²) >= 11 is 1.84. The van der Waals surface area contributed by atoms with Crippen LogP contribution in [-0.4, -0.2) is 15.7 Å². The molecule has 0 atom stereocenters. The summed E-state index contributed by atoms with van der Waals surface area (Å²) < 4.78 is 1.95. The third kappa shape index (κ3) is 2.93. The fraction of sp³-hybridized carbons (Fsp3) is 0.300. The molecule has 128 valence electrons. The van der Waals surface area contributed by atoms with Crippen molar-refractivity contribution in [1.82, 2.24) is 9.78 Å². The fourth-order valence-electron chi connectivity index (χ4n) is 3.14. The number of fused-ring (bicyclic) bond motifs is 2. The molecule has 0 spiro atoms. The van der Waals surface area contributed by atoms with Crippen LogP contribution < -0.4 is 5.32 Å². The summed E-state index contributed by atoms with van der Waals surface area (Å²) in [5.41, 5.74) is 2.74. The predicted molar refractivity (Wildman–Crippen MR) is 104 cm³/mol. The number of aromatic nitrogens is 2. The molecule has 0 aliphatic carbocycles. The molecule has 1 amide bonds. The summed E-state index contributed by atoms with van der Waals surface area (Å²) in [7, 11) is 0. The lowest BCUT2D eigenvalue weighted by atomic mass is 10.1. The van der Waals surface area contributed by atoms with Gasteiger partial charge < -0.3 is 5.32 Å². The molecule has 0 saturated carbocycles. The molecule has 0 fully saturated rings. The zero-order valence-electron chi connectivity index (χ0n) is 14.7. The summed E-state index contributed by atoms with van der Waals surface area (Å²) in [6.07, 6.45) is 0. The molecule has 4 rings (SSSR count). The van der Waals surface area contributed by atoms with Crippen molar-refractivity contribution < 1.29 is 4.79 Å². The molecule has 0 saturated heterocycles. The molecule has 0 bridgehead atoms. The lowest BCUT2D eigenvalue weighted by molar-refractivity contribution is 0.102. The van der Waals surface area contributed by atoms with Crippen molar-refractivity contribution in [2.75, 3.05) is 5.32 Å². The number of hydrogen-bond acceptors (Lipinski definition) is 3. The van der Waals surface area contributed by atoms with E-state index >= 15 is 0 Å². The van der Waals surface area contributed by atoms with E-state index in [-0.39, 0.29) is 11.4 Å². The number of thioether (sulfide) groups is 1. The number of rotatable bonds is 2. The van der Waals surface area contributed by atoms with Crippen molar-refractivity contribution in [3.05, 3.63) is 59.3 Å². The van der Waals surface area contributed by atoms with Crippen LogP contribution in [0.2, 0.25) is 0 Å². The van der Waals surface area contributed by atoms with Gasteiger partial charge in [0.1, 0.15) is 5.82 Å². The fourth-order valence-corrected chi connectivity index (χ4v) is 4.17. The zero-order valence-corrected chi connectivity index (χ0v) is 15.5. The summed E-state index contributed by atoms with van der Waals surface area (Å²) in [5, 5.41) is 10.1. The highest BCUT2D eigenvalue weighted by Gasteiger charge is 2.29. The number of carbonyl (C=O) groups is 1. The molecule has 2 aromatic carbocycles. The first-order chi connectivity index (χ1) is 11.9. The quantitative estimate of drug-likeness (QED) is 0.722. The molecule has 2 heterocycles. The van der Waals surface area contributed by atoms with Gasteiger partial charge in [-0.3, -0.25) is 4.79 Å². The third-order valence-corrected chi connectivity index (χ3v) is 5.40. The highest BCUT2D eigenvalue weighted by molar-refractivity contribution is 7.98. The van der Waals surface area contributed by atoms with Gasteiger partial charge in [-0.25, -0.2) is 4.68 Å². The largest absolute Gasteiger partial charge is 0.306 e. The second-order valence-corrected chi connectivity index (χ2v) is 8.35. The smallest absolute Gasteiger partial charge is 0.256 e. The maximum atomic E-state index is 12.9. The normalized spacial score (nSPS) is 13.9. The first kappa shape index (κ1) is 16.2. The predicted octanol–water partition coefficient (Wildman–Crippen LogP) is 4.79. The van der Waals surface area contributed by atoms with E-state index < -0.39 is 0 Å². The van der Waals surface area contributed by atoms with Crippen LogP contribution in [0.25, 0.3) is 10.8 Å². The third-order valence-electron chi connectivity index (χ3n) is 4.43. The number of nitrogens with one attached hydrogen (secondary N) is 1. The maximum Gasteiger partial charge on any atom is 0.256 e. The SMILES string of the molecule is CC(C)(C)n1nc2c(c1NC(=O)c1ccc3ccccc3c1)CSC2. The van der Waals surface area contributed by atoms with Gasteiger partial charge in [-0.15, -0.1) is 0 Å². The first-order valence-electron chi connectivity index (χ1n) is 8.42. The molecule has 4 nitrogen and oxygen atoms in total. The van der Waals surface area contributed by atoms with E-state index in [1.807, 2.05) is 52.8 Å². The van der Waals surface area contributed by atoms with E-state index in [1.165, 1.54) is 0 Å². The summed E-state index contributed by atoms with van der Waals surface area (Å²) in [5.74, 6) is 2.57. The molecule has 1 aromatic heterocycles. The average Bonchev–Trinajstić information content (AvgIpc) is 3.16. The van der Waals surface area contributed by atoms with Gasteiger partial charge >= 0.3 is 0 Å². The van der Waals surface area contributed by atoms with Crippen LogP contribution in [0.4, 0.5) is 5.82 Å². The molecule has 1 aliphatic rings. The van der Waals surface area contributed by atoms with Gasteiger partial charge in [0, 0.05) is 22.6 Å². The van der Waals surface area contributed by atoms with E-state index in [4.69, 9.17) is 5.10 Å². The van der Waals surface area contributed by atoms with Gasteiger partial charge in [-0.05, 0) is 43.7 Å². The molecule has 1 N–H and O–H groups in total. The first-order valence-corrected chi connectivity index (χ1v) is 9.58. The highest BCUT2D eigenvalue weighted by Crippen LogP contribution is 2.37. The van der Waals surface area contributed by atoms with E-state index in [2.05, 4.69) is 32.2 Å². The minimum Gasteiger partial charge on any atom is -0.306 e. The minimum absolute atomic E-state index is 0.0872. The van der Waals surface area contributed by atoms with Crippen molar-refractivity contribution in [2.24, 2.45) is 0 Å². The van der Waals surface area contributed by atoms with Crippen LogP contribution in [0.5, 0.6) is 0 Å². The van der Waals surface area contributed by atoms with Crippen LogP contribution in [0, 0.1) is 0 Å². The molecule has 1 aliphatic heterocycles. The monoisotopic (exact) mass is 351 g/mol. The number of carbonyl (C=O) groups excluding carboxylic acids is 1. The number of benzene rings is 2. The topological polar surface area (TPSA) is 46.9 Å². The van der Waals surface area contributed by atoms with Crippen molar-refractivity contribution >= 4 is 34.3 Å². The van der Waals surface area contributed by atoms with Gasteiger partial charge in [0.25, 0.3) is 5.91 Å². The van der Waals surface area contributed by atoms with Gasteiger partial charge in [-0.1, -0.05) is 30.3 Å². The van der Waals surface area contributed by atoms with Crippen LogP contribution in [0.15, 0.2) is 42.5 Å². The Bertz CT molecular complexity index is 969. The van der Waals surface area contributed by atoms with E-state index in [9.17, 15) is 4.79 Å². The second-order valence-electron chi connectivity index (χ2n) is 7.37. The van der Waals surface area contributed by atoms with Crippen molar-refractivity contribution in [3.8, 4) is 0 Å². The second kappa shape index (κ2) is 5.92. The molecule has 25 heavy (non-hydrogen) atoms. The number of amides is 1. The zero-order chi connectivity index (χ0) is 17.6. The van der Waals surface area contributed by atoms with Crippen LogP contribution in [-0.2, 0) is 17.0 Å². The van der Waals surface area contributed by atoms with E-state index in [0.29, 0.717) is 5.56 Å². The molecular formula is C20H21N3OS. The lowest BCUT2D eigenvalue weighted by Gasteiger charge is -2.23. The Morgan fingerprint density at radius 1 is 1.12 bits per heavy atom. The van der Waals surface area contributed by atoms with E-state index in [0.717, 1.165) is 39.4 Å². The molecule has 0 radical (unpaired) electrons. The highest BCUT2D eigenvalue weighted by atomic mass is 32.2. The minimum atomic E-state index is -0.180. The Morgan fingerprint density at radius 2 is 1.88 bits per heavy atom. The average molecular weight is 351 g/mol. The van der Waals surface area contributed by atoms with Gasteiger partial charge in [0.15, 0.2) is 0 Å². The van der Waals surface area contributed by atoms with Gasteiger partial charge in [-0.2, -0.15) is 16.9 Å². The molecular weight excluding hydrogens is 330 g/mol. The Labute approximate surface area is 151 Å². The maximum absolute atomic E-state index is 12.9. The molecule has 3 aromatic rings. The molecule has 0 unspecified atom stereocenters. The number of anilines is 1. The Morgan fingerprint density at radius 3 is 2.64 bits per heavy atom. The number of hydrogen-bond donors (Lipinski definition) is 1. The molecule has 5 heteroatoms. The standard InChI is InChI=1S/C20H21N3OS/c1-20(2,3)23-18(16-11-25-12-17(16)22-23)21-19(24)15-9-8-13-6-4-5-7-14(13)10-15/h4-10H,11-12H2,1-3H3,(H,21,24). The van der Waals surface area contributed by atoms with Crippen molar-refractivity contribution in [3.63, 3.8) is 0 Å². The van der Waals surface area contributed by atoms with Crippen LogP contribution in [0.1, 0.15) is 42.4 Å². The Hall–Kier alpha value is -2.27. The number of nitrogens with zero attached hydrogens (tertiary/aromatic N) is 2. The van der Waals surface area contributed by atoms with Crippen molar-refractivity contribution in [2.45, 2.75) is 37.8 Å². The van der Waals surface area contributed by atoms with Gasteiger partial charge in [0.2, 0.25) is 0 Å². The Balaban J connectivity index is 1.70. The summed E-state index contributed by atoms with van der Waals surface area (Å²) in [6.45, 7) is 6.32. The van der Waals surface area contributed by atoms with Gasteiger partial charge in [0.05, 0.1) is 11.2 Å². The Kier molecular flexibility index (Phi) is 3.84. The van der Waals surface area contributed by atoms with Crippen LogP contribution >= 0.6 is 11.8 Å². The van der Waals surface area contributed by atoms with Crippen LogP contribution in [0.3, 0.4) is 0 Å². The summed E-state index contributed by atoms with van der Waals surface area (Å²) in [4.78, 5) is 12.9. The summed E-state index contributed by atoms with van der Waals surface area (Å²) in [6, 6.07) is 13.9. The van der Waals surface area contributed by atoms with Crippen molar-refractivity contribution in [1.29, 1.82) is 0 Å². The van der Waals surface area contributed by atoms with E-state index in [1.54, 1.807) is 0 Å².